The lowest BCUT2D eigenvalue weighted by Gasteiger charge is -2.01. The third-order valence-corrected chi connectivity index (χ3v) is 1.42. The molecule has 0 aromatic rings. The quantitative estimate of drug-likeness (QED) is 0.557. The van der Waals surface area contributed by atoms with E-state index < -0.39 is 0 Å². The fourth-order valence-electron chi connectivity index (χ4n) is 0.648. The first-order valence-electron chi connectivity index (χ1n) is 5.15. The van der Waals surface area contributed by atoms with E-state index in [-0.39, 0.29) is 5.91 Å². The molecule has 0 unspecified atom stereocenters. The molecule has 3 heteroatoms. The molecule has 1 amide bonds. The van der Waals surface area contributed by atoms with Crippen molar-refractivity contribution in [3.63, 3.8) is 0 Å². The Morgan fingerprint density at radius 2 is 2.00 bits per heavy atom. The molecule has 3 nitrogen and oxygen atoms in total. The summed E-state index contributed by atoms with van der Waals surface area (Å²) in [6.07, 6.45) is 2.85. The highest BCUT2D eigenvalue weighted by molar-refractivity contribution is 5.91. The van der Waals surface area contributed by atoms with Crippen LogP contribution in [0.5, 0.6) is 0 Å². The maximum absolute atomic E-state index is 10.7. The minimum Gasteiger partial charge on any atom is -0.352 e. The normalized spacial score (nSPS) is 8.87. The van der Waals surface area contributed by atoms with Crippen molar-refractivity contribution in [1.82, 2.24) is 10.2 Å². The Labute approximate surface area is 93.9 Å². The van der Waals surface area contributed by atoms with Crippen LogP contribution in [0.4, 0.5) is 0 Å². The molecule has 0 aliphatic rings. The molecule has 0 aliphatic heterocycles. The first kappa shape index (κ1) is 16.3. The largest absolute Gasteiger partial charge is 0.352 e. The fraction of sp³-hybridized carbons (Fsp3) is 0.583. The van der Waals surface area contributed by atoms with Crippen LogP contribution in [-0.4, -0.2) is 38.0 Å². The third kappa shape index (κ3) is 15.6. The van der Waals surface area contributed by atoms with Crippen molar-refractivity contribution >= 4 is 5.91 Å². The van der Waals surface area contributed by atoms with Gasteiger partial charge in [-0.25, -0.2) is 0 Å². The van der Waals surface area contributed by atoms with Gasteiger partial charge in [0.25, 0.3) is 0 Å². The maximum Gasteiger partial charge on any atom is 0.246 e. The number of nitrogens with one attached hydrogen (secondary N) is 1. The summed E-state index contributed by atoms with van der Waals surface area (Å²) in [6, 6.07) is 0. The molecule has 88 valence electrons. The van der Waals surface area contributed by atoms with Crippen LogP contribution in [0, 0.1) is 0 Å². The zero-order valence-corrected chi connectivity index (χ0v) is 10.5. The molecule has 0 saturated carbocycles. The Bertz CT molecular complexity index is 198. The van der Waals surface area contributed by atoms with Gasteiger partial charge in [0, 0.05) is 18.7 Å². The molecule has 0 aromatic heterocycles. The van der Waals surface area contributed by atoms with E-state index in [9.17, 15) is 4.79 Å². The van der Waals surface area contributed by atoms with Gasteiger partial charge in [0.05, 0.1) is 0 Å². The summed E-state index contributed by atoms with van der Waals surface area (Å²) in [4.78, 5) is 12.8. The van der Waals surface area contributed by atoms with E-state index in [0.717, 1.165) is 19.5 Å². The average Bonchev–Trinajstić information content (AvgIpc) is 2.14. The van der Waals surface area contributed by atoms with Crippen LogP contribution >= 0.6 is 0 Å². The molecule has 0 aromatic carbocycles. The molecular formula is C12H24N2O. The van der Waals surface area contributed by atoms with Crippen molar-refractivity contribution < 1.29 is 4.79 Å². The number of carbonyl (C=O) groups is 1. The summed E-state index contributed by atoms with van der Waals surface area (Å²) in [5.41, 5.74) is 0.573. The number of hydrogen-bond donors (Lipinski definition) is 1. The topological polar surface area (TPSA) is 32.3 Å². The molecule has 0 atom stereocenters. The van der Waals surface area contributed by atoms with E-state index in [1.54, 1.807) is 6.92 Å². The lowest BCUT2D eigenvalue weighted by atomic mass is 10.3. The van der Waals surface area contributed by atoms with Gasteiger partial charge in [-0.3, -0.25) is 4.79 Å². The van der Waals surface area contributed by atoms with Crippen molar-refractivity contribution in [2.75, 3.05) is 27.2 Å². The highest BCUT2D eigenvalue weighted by Crippen LogP contribution is 1.84. The van der Waals surface area contributed by atoms with Crippen LogP contribution in [0.3, 0.4) is 0 Å². The van der Waals surface area contributed by atoms with Crippen molar-refractivity contribution in [1.29, 1.82) is 0 Å². The summed E-state index contributed by atoms with van der Waals surface area (Å²) in [6.45, 7) is 12.5. The van der Waals surface area contributed by atoms with E-state index >= 15 is 0 Å². The van der Waals surface area contributed by atoms with Crippen LogP contribution in [0.25, 0.3) is 0 Å². The van der Waals surface area contributed by atoms with Crippen molar-refractivity contribution in [3.8, 4) is 0 Å². The van der Waals surface area contributed by atoms with Crippen molar-refractivity contribution in [2.24, 2.45) is 0 Å². The van der Waals surface area contributed by atoms with Crippen LogP contribution < -0.4 is 5.32 Å². The zero-order valence-electron chi connectivity index (χ0n) is 10.5. The predicted molar refractivity (Wildman–Crippen MR) is 66.9 cm³/mol. The summed E-state index contributed by atoms with van der Waals surface area (Å²) < 4.78 is 0. The van der Waals surface area contributed by atoms with E-state index in [1.165, 1.54) is 0 Å². The van der Waals surface area contributed by atoms with Crippen molar-refractivity contribution in [2.45, 2.75) is 20.3 Å². The molecule has 0 heterocycles. The lowest BCUT2D eigenvalue weighted by Crippen LogP contribution is -2.24. The second-order valence-electron chi connectivity index (χ2n) is 3.59. The second-order valence-corrected chi connectivity index (χ2v) is 3.59. The number of rotatable bonds is 5. The first-order chi connectivity index (χ1) is 6.95. The first-order valence-corrected chi connectivity index (χ1v) is 5.15. The summed E-state index contributed by atoms with van der Waals surface area (Å²) >= 11 is 0. The van der Waals surface area contributed by atoms with E-state index in [4.69, 9.17) is 0 Å². The molecule has 0 radical (unpaired) electrons. The van der Waals surface area contributed by atoms with Crippen LogP contribution in [-0.2, 0) is 4.79 Å². The number of hydrogen-bond acceptors (Lipinski definition) is 2. The third-order valence-electron chi connectivity index (χ3n) is 1.42. The standard InChI is InChI=1S/C7H13NO.C5H11N/c1-4-5-8-7(9)6(2)3;1-4-5-6(2)3/h2,4-5H2,1,3H3,(H,8,9);4H,1,5H2,2-3H3. The Morgan fingerprint density at radius 1 is 1.47 bits per heavy atom. The van der Waals surface area contributed by atoms with Gasteiger partial charge in [-0.1, -0.05) is 19.6 Å². The number of likely N-dealkylation sites (N-methyl/N-ethyl adjacent to an activating group) is 1. The maximum atomic E-state index is 10.7. The second kappa shape index (κ2) is 11.0. The SMILES string of the molecule is C=C(C)C(=O)NCCC.C=CCN(C)C. The highest BCUT2D eigenvalue weighted by Gasteiger charge is 1.96. The van der Waals surface area contributed by atoms with Crippen LogP contribution in [0.2, 0.25) is 0 Å². The fourth-order valence-corrected chi connectivity index (χ4v) is 0.648. The average molecular weight is 212 g/mol. The Balaban J connectivity index is 0. The molecule has 0 bridgehead atoms. The molecule has 0 rings (SSSR count). The Kier molecular flexibility index (Phi) is 12.0. The predicted octanol–water partition coefficient (Wildman–Crippen LogP) is 1.82. The molecule has 0 spiro atoms. The molecular weight excluding hydrogens is 188 g/mol. The van der Waals surface area contributed by atoms with Gasteiger partial charge in [0.1, 0.15) is 0 Å². The molecule has 1 N–H and O–H groups in total. The Hall–Kier alpha value is -1.09. The molecule has 0 saturated heterocycles. The zero-order chi connectivity index (χ0) is 12.3. The number of amides is 1. The van der Waals surface area contributed by atoms with Gasteiger partial charge in [-0.2, -0.15) is 0 Å². The van der Waals surface area contributed by atoms with Crippen LogP contribution in [0.1, 0.15) is 20.3 Å². The number of nitrogens with zero attached hydrogens (tertiary/aromatic N) is 1. The van der Waals surface area contributed by atoms with E-state index in [1.807, 2.05) is 27.1 Å². The van der Waals surface area contributed by atoms with Gasteiger partial charge in [-0.15, -0.1) is 6.58 Å². The molecule has 0 fully saturated rings. The van der Waals surface area contributed by atoms with E-state index in [2.05, 4.69) is 23.4 Å². The van der Waals surface area contributed by atoms with Gasteiger partial charge in [0.2, 0.25) is 5.91 Å². The summed E-state index contributed by atoms with van der Waals surface area (Å²) in [7, 11) is 4.03. The minimum atomic E-state index is -0.0446. The van der Waals surface area contributed by atoms with Crippen LogP contribution in [0.15, 0.2) is 24.8 Å². The van der Waals surface area contributed by atoms with E-state index in [0.29, 0.717) is 5.57 Å². The van der Waals surface area contributed by atoms with Gasteiger partial charge < -0.3 is 10.2 Å². The highest BCUT2D eigenvalue weighted by atomic mass is 16.1. The van der Waals surface area contributed by atoms with Gasteiger partial charge >= 0.3 is 0 Å². The lowest BCUT2D eigenvalue weighted by molar-refractivity contribution is -0.117. The van der Waals surface area contributed by atoms with Crippen molar-refractivity contribution in [3.05, 3.63) is 24.8 Å². The monoisotopic (exact) mass is 212 g/mol. The summed E-state index contributed by atoms with van der Waals surface area (Å²) in [5, 5.41) is 2.69. The van der Waals surface area contributed by atoms with Gasteiger partial charge in [-0.05, 0) is 27.4 Å². The smallest absolute Gasteiger partial charge is 0.246 e. The Morgan fingerprint density at radius 3 is 2.20 bits per heavy atom. The minimum absolute atomic E-state index is 0.0446. The van der Waals surface area contributed by atoms with Gasteiger partial charge in [0.15, 0.2) is 0 Å². The molecule has 15 heavy (non-hydrogen) atoms. The summed E-state index contributed by atoms with van der Waals surface area (Å²) in [5.74, 6) is -0.0446. The number of carbonyl (C=O) groups excluding carboxylic acids is 1. The molecule has 0 aliphatic carbocycles.